The molecule has 1 heterocycles. The summed E-state index contributed by atoms with van der Waals surface area (Å²) in [7, 11) is 0. The van der Waals surface area contributed by atoms with Crippen molar-refractivity contribution in [2.45, 2.75) is 26.0 Å². The summed E-state index contributed by atoms with van der Waals surface area (Å²) in [4.78, 5) is 2.25. The van der Waals surface area contributed by atoms with Crippen LogP contribution in [-0.2, 0) is 4.74 Å². The lowest BCUT2D eigenvalue weighted by Crippen LogP contribution is -2.51. The fourth-order valence-electron chi connectivity index (χ4n) is 2.43. The molecule has 100 valence electrons. The third kappa shape index (κ3) is 3.00. The summed E-state index contributed by atoms with van der Waals surface area (Å²) in [6.45, 7) is 7.70. The Balaban J connectivity index is 2.09. The average molecular weight is 252 g/mol. The largest absolute Gasteiger partial charge is 0.373 e. The van der Waals surface area contributed by atoms with E-state index in [0.29, 0.717) is 0 Å². The van der Waals surface area contributed by atoms with Crippen LogP contribution in [0.15, 0.2) is 24.3 Å². The minimum absolute atomic E-state index is 0.184. The van der Waals surface area contributed by atoms with Crippen LogP contribution in [0.1, 0.15) is 13.8 Å². The van der Waals surface area contributed by atoms with E-state index in [1.54, 1.807) is 0 Å². The molecule has 0 saturated carbocycles. The van der Waals surface area contributed by atoms with Crippen molar-refractivity contribution in [1.82, 2.24) is 5.32 Å². The van der Waals surface area contributed by atoms with Crippen molar-refractivity contribution < 1.29 is 9.13 Å². The van der Waals surface area contributed by atoms with Gasteiger partial charge < -0.3 is 15.0 Å². The third-order valence-electron chi connectivity index (χ3n) is 3.48. The van der Waals surface area contributed by atoms with E-state index >= 15 is 0 Å². The second kappa shape index (κ2) is 6.16. The Kier molecular flexibility index (Phi) is 4.55. The molecule has 0 aliphatic carbocycles. The van der Waals surface area contributed by atoms with Gasteiger partial charge in [0.2, 0.25) is 0 Å². The molecule has 1 aliphatic heterocycles. The highest BCUT2D eigenvalue weighted by molar-refractivity contribution is 5.47. The van der Waals surface area contributed by atoms with Gasteiger partial charge in [-0.15, -0.1) is 0 Å². The van der Waals surface area contributed by atoms with Gasteiger partial charge in [0.15, 0.2) is 0 Å². The molecule has 4 heteroatoms. The monoisotopic (exact) mass is 252 g/mol. The first-order chi connectivity index (χ1) is 8.72. The number of hydrogen-bond donors (Lipinski definition) is 1. The zero-order valence-electron chi connectivity index (χ0n) is 11.0. The van der Waals surface area contributed by atoms with Crippen LogP contribution in [0.3, 0.4) is 0 Å². The fraction of sp³-hybridized carbons (Fsp3) is 0.571. The van der Waals surface area contributed by atoms with Crippen LogP contribution in [0, 0.1) is 5.82 Å². The first-order valence-electron chi connectivity index (χ1n) is 6.57. The number of nitrogens with one attached hydrogen (secondary N) is 1. The highest BCUT2D eigenvalue weighted by atomic mass is 19.1. The van der Waals surface area contributed by atoms with E-state index in [2.05, 4.69) is 24.1 Å². The first-order valence-corrected chi connectivity index (χ1v) is 6.57. The molecule has 0 spiro atoms. The Bertz CT molecular complexity index is 363. The van der Waals surface area contributed by atoms with E-state index < -0.39 is 0 Å². The number of benzene rings is 1. The van der Waals surface area contributed by atoms with Crippen molar-refractivity contribution in [1.29, 1.82) is 0 Å². The zero-order valence-corrected chi connectivity index (χ0v) is 11.0. The molecule has 1 N–H and O–H groups in total. The summed E-state index contributed by atoms with van der Waals surface area (Å²) in [6, 6.07) is 6.93. The van der Waals surface area contributed by atoms with Gasteiger partial charge in [-0.25, -0.2) is 4.39 Å². The number of ether oxygens (including phenoxy) is 1. The number of morpholine rings is 1. The maximum atomic E-state index is 13.0. The minimum Gasteiger partial charge on any atom is -0.373 e. The van der Waals surface area contributed by atoms with Crippen LogP contribution in [0.4, 0.5) is 10.1 Å². The van der Waals surface area contributed by atoms with Gasteiger partial charge in [-0.2, -0.15) is 0 Å². The van der Waals surface area contributed by atoms with Gasteiger partial charge in [-0.1, -0.05) is 0 Å². The molecule has 0 amide bonds. The lowest BCUT2D eigenvalue weighted by atomic mass is 10.1. The Morgan fingerprint density at radius 2 is 2.17 bits per heavy atom. The minimum atomic E-state index is -0.196. The molecule has 1 aliphatic rings. The maximum absolute atomic E-state index is 13.0. The molecule has 2 atom stereocenters. The van der Waals surface area contributed by atoms with Crippen molar-refractivity contribution in [2.75, 3.05) is 31.1 Å². The van der Waals surface area contributed by atoms with E-state index in [9.17, 15) is 4.39 Å². The summed E-state index contributed by atoms with van der Waals surface area (Å²) in [5, 5.41) is 3.34. The standard InChI is InChI=1S/C14H21FN2O/c1-3-17(13-6-4-12(15)5-7-13)11(2)14-10-16-8-9-18-14/h4-7,11,14,16H,3,8-10H2,1-2H3. The zero-order chi connectivity index (χ0) is 13.0. The summed E-state index contributed by atoms with van der Waals surface area (Å²) in [5.41, 5.74) is 1.04. The second-order valence-electron chi connectivity index (χ2n) is 4.62. The van der Waals surface area contributed by atoms with Crippen molar-refractivity contribution in [2.24, 2.45) is 0 Å². The van der Waals surface area contributed by atoms with Gasteiger partial charge in [0, 0.05) is 25.3 Å². The molecule has 1 saturated heterocycles. The molecule has 1 aromatic rings. The van der Waals surface area contributed by atoms with Gasteiger partial charge in [0.25, 0.3) is 0 Å². The third-order valence-corrected chi connectivity index (χ3v) is 3.48. The molecule has 2 unspecified atom stereocenters. The molecular weight excluding hydrogens is 231 g/mol. The van der Waals surface area contributed by atoms with Crippen LogP contribution >= 0.6 is 0 Å². The average Bonchev–Trinajstić information content (AvgIpc) is 2.42. The van der Waals surface area contributed by atoms with E-state index in [1.165, 1.54) is 12.1 Å². The Labute approximate surface area is 108 Å². The van der Waals surface area contributed by atoms with Crippen molar-refractivity contribution in [3.63, 3.8) is 0 Å². The highest BCUT2D eigenvalue weighted by Crippen LogP contribution is 2.20. The van der Waals surface area contributed by atoms with Crippen LogP contribution in [0.2, 0.25) is 0 Å². The lowest BCUT2D eigenvalue weighted by Gasteiger charge is -2.37. The quantitative estimate of drug-likeness (QED) is 0.887. The second-order valence-corrected chi connectivity index (χ2v) is 4.62. The summed E-state index contributed by atoms with van der Waals surface area (Å²) < 4.78 is 18.7. The smallest absolute Gasteiger partial charge is 0.123 e. The van der Waals surface area contributed by atoms with E-state index in [4.69, 9.17) is 4.74 Å². The highest BCUT2D eigenvalue weighted by Gasteiger charge is 2.25. The van der Waals surface area contributed by atoms with Crippen molar-refractivity contribution in [3.8, 4) is 0 Å². The number of rotatable bonds is 4. The predicted molar refractivity (Wildman–Crippen MR) is 71.5 cm³/mol. The van der Waals surface area contributed by atoms with E-state index in [-0.39, 0.29) is 18.0 Å². The van der Waals surface area contributed by atoms with Gasteiger partial charge in [0.05, 0.1) is 18.8 Å². The molecule has 2 rings (SSSR count). The lowest BCUT2D eigenvalue weighted by molar-refractivity contribution is 0.0146. The van der Waals surface area contributed by atoms with Crippen LogP contribution in [0.5, 0.6) is 0 Å². The SMILES string of the molecule is CCN(c1ccc(F)cc1)C(C)C1CNCCO1. The molecule has 0 bridgehead atoms. The molecular formula is C14H21FN2O. The van der Waals surface area contributed by atoms with Crippen LogP contribution in [-0.4, -0.2) is 38.4 Å². The number of hydrogen-bond acceptors (Lipinski definition) is 3. The number of nitrogens with zero attached hydrogens (tertiary/aromatic N) is 1. The molecule has 1 fully saturated rings. The predicted octanol–water partition coefficient (Wildman–Crippen LogP) is 2.03. The van der Waals surface area contributed by atoms with Gasteiger partial charge in [-0.05, 0) is 38.1 Å². The fourth-order valence-corrected chi connectivity index (χ4v) is 2.43. The van der Waals surface area contributed by atoms with Crippen molar-refractivity contribution in [3.05, 3.63) is 30.1 Å². The molecule has 0 radical (unpaired) electrons. The van der Waals surface area contributed by atoms with Gasteiger partial charge >= 0.3 is 0 Å². The molecule has 18 heavy (non-hydrogen) atoms. The van der Waals surface area contributed by atoms with Gasteiger partial charge in [-0.3, -0.25) is 0 Å². The van der Waals surface area contributed by atoms with E-state index in [1.807, 2.05) is 12.1 Å². The number of anilines is 1. The van der Waals surface area contributed by atoms with Gasteiger partial charge in [0.1, 0.15) is 5.82 Å². The summed E-state index contributed by atoms with van der Waals surface area (Å²) in [6.07, 6.45) is 0.184. The Morgan fingerprint density at radius 1 is 1.44 bits per heavy atom. The number of likely N-dealkylation sites (N-methyl/N-ethyl adjacent to an activating group) is 1. The molecule has 3 nitrogen and oxygen atoms in total. The summed E-state index contributed by atoms with van der Waals surface area (Å²) >= 11 is 0. The maximum Gasteiger partial charge on any atom is 0.123 e. The summed E-state index contributed by atoms with van der Waals surface area (Å²) in [5.74, 6) is -0.196. The topological polar surface area (TPSA) is 24.5 Å². The first kappa shape index (κ1) is 13.3. The van der Waals surface area contributed by atoms with E-state index in [0.717, 1.165) is 31.9 Å². The Hall–Kier alpha value is -1.13. The number of halogens is 1. The molecule has 1 aromatic carbocycles. The normalized spacial score (nSPS) is 21.6. The van der Waals surface area contributed by atoms with Crippen LogP contribution < -0.4 is 10.2 Å². The van der Waals surface area contributed by atoms with Crippen molar-refractivity contribution >= 4 is 5.69 Å². The van der Waals surface area contributed by atoms with Crippen LogP contribution in [0.25, 0.3) is 0 Å². The molecule has 0 aromatic heterocycles. The Morgan fingerprint density at radius 3 is 2.72 bits per heavy atom.